The predicted octanol–water partition coefficient (Wildman–Crippen LogP) is 6.02. The second kappa shape index (κ2) is 8.14. The number of ether oxygens (including phenoxy) is 2. The van der Waals surface area contributed by atoms with Crippen molar-refractivity contribution >= 4 is 81.4 Å². The van der Waals surface area contributed by atoms with Crippen molar-refractivity contribution in [2.45, 2.75) is 10.6 Å². The lowest BCUT2D eigenvalue weighted by Crippen LogP contribution is -2.23. The minimum absolute atomic E-state index is 0.0724. The number of hydrogen-bond donors (Lipinski definition) is 0. The van der Waals surface area contributed by atoms with Crippen LogP contribution in [0.3, 0.4) is 0 Å². The Bertz CT molecular complexity index is 527. The van der Waals surface area contributed by atoms with Crippen LogP contribution in [-0.2, 0) is 0 Å². The van der Waals surface area contributed by atoms with Crippen molar-refractivity contribution in [2.24, 2.45) is 0 Å². The maximum atomic E-state index is 6.21. The molecule has 2 atom stereocenters. The van der Waals surface area contributed by atoms with Gasteiger partial charge in [0, 0.05) is 11.6 Å². The molecule has 2 nitrogen and oxygen atoms in total. The fourth-order valence-corrected chi connectivity index (χ4v) is 4.02. The molecule has 21 heavy (non-hydrogen) atoms. The van der Waals surface area contributed by atoms with Crippen LogP contribution in [0.5, 0.6) is 11.5 Å². The molecule has 1 heterocycles. The molecule has 2 rings (SSSR count). The molecule has 1 aromatic carbocycles. The molecule has 0 amide bonds. The third kappa shape index (κ3) is 4.26. The van der Waals surface area contributed by atoms with Gasteiger partial charge in [0.05, 0.1) is 20.7 Å². The SMILES string of the molecule is ClC[C@@H]1COc2c(Cl)c(Cl)c(Cl)c(Cl)c2OC[C@H](Cl)CS1. The summed E-state index contributed by atoms with van der Waals surface area (Å²) in [7, 11) is 0. The molecule has 0 saturated heterocycles. The third-order valence-electron chi connectivity index (χ3n) is 2.69. The van der Waals surface area contributed by atoms with Gasteiger partial charge in [-0.05, 0) is 0 Å². The fourth-order valence-electron chi connectivity index (χ4n) is 1.63. The topological polar surface area (TPSA) is 18.5 Å². The van der Waals surface area contributed by atoms with E-state index in [1.165, 1.54) is 0 Å². The van der Waals surface area contributed by atoms with Crippen LogP contribution >= 0.6 is 81.4 Å². The van der Waals surface area contributed by atoms with E-state index in [1.807, 2.05) is 0 Å². The molecule has 1 aromatic rings. The van der Waals surface area contributed by atoms with Crippen LogP contribution in [0.15, 0.2) is 0 Å². The van der Waals surface area contributed by atoms with Crippen molar-refractivity contribution in [3.63, 3.8) is 0 Å². The van der Waals surface area contributed by atoms with Crippen LogP contribution in [-0.4, -0.2) is 35.5 Å². The van der Waals surface area contributed by atoms with Gasteiger partial charge >= 0.3 is 0 Å². The Labute approximate surface area is 157 Å². The number of fused-ring (bicyclic) bond motifs is 1. The number of halogens is 6. The van der Waals surface area contributed by atoms with E-state index in [1.54, 1.807) is 11.8 Å². The Hall–Kier alpha value is 0.910. The molecular formula is C12H10Cl6O2S. The molecule has 0 radical (unpaired) electrons. The summed E-state index contributed by atoms with van der Waals surface area (Å²) in [5, 5.41) is 0.433. The van der Waals surface area contributed by atoms with Crippen molar-refractivity contribution in [1.82, 2.24) is 0 Å². The molecule has 0 aromatic heterocycles. The molecule has 0 fully saturated rings. The summed E-state index contributed by atoms with van der Waals surface area (Å²) in [6, 6.07) is 0. The van der Waals surface area contributed by atoms with E-state index < -0.39 is 0 Å². The van der Waals surface area contributed by atoms with Gasteiger partial charge in [0.2, 0.25) is 0 Å². The quantitative estimate of drug-likeness (QED) is 0.308. The summed E-state index contributed by atoms with van der Waals surface area (Å²) >= 11 is 38.2. The lowest BCUT2D eigenvalue weighted by molar-refractivity contribution is 0.270. The lowest BCUT2D eigenvalue weighted by atomic mass is 10.3. The normalized spacial score (nSPS) is 23.0. The van der Waals surface area contributed by atoms with Crippen LogP contribution in [0.4, 0.5) is 0 Å². The van der Waals surface area contributed by atoms with Crippen molar-refractivity contribution < 1.29 is 9.47 Å². The first-order valence-corrected chi connectivity index (χ1v) is 9.42. The Morgan fingerprint density at radius 3 is 1.95 bits per heavy atom. The number of rotatable bonds is 1. The summed E-state index contributed by atoms with van der Waals surface area (Å²) < 4.78 is 11.3. The Balaban J connectivity index is 2.44. The summed E-state index contributed by atoms with van der Waals surface area (Å²) in [5.74, 6) is 1.63. The molecule has 0 bridgehead atoms. The minimum atomic E-state index is -0.198. The fraction of sp³-hybridized carbons (Fsp3) is 0.500. The van der Waals surface area contributed by atoms with E-state index >= 15 is 0 Å². The summed E-state index contributed by atoms with van der Waals surface area (Å²) in [6.45, 7) is 0.579. The van der Waals surface area contributed by atoms with Crippen LogP contribution in [0.1, 0.15) is 0 Å². The lowest BCUT2D eigenvalue weighted by Gasteiger charge is -2.23. The van der Waals surface area contributed by atoms with Gasteiger partial charge in [0.1, 0.15) is 23.3 Å². The zero-order valence-electron chi connectivity index (χ0n) is 10.5. The van der Waals surface area contributed by atoms with Gasteiger partial charge in [0.25, 0.3) is 0 Å². The monoisotopic (exact) mass is 428 g/mol. The first-order valence-electron chi connectivity index (χ1n) is 5.88. The number of alkyl halides is 2. The van der Waals surface area contributed by atoms with Crippen molar-refractivity contribution in [3.05, 3.63) is 20.1 Å². The molecule has 0 spiro atoms. The maximum Gasteiger partial charge on any atom is 0.183 e. The summed E-state index contributed by atoms with van der Waals surface area (Å²) in [6.07, 6.45) is 0. The minimum Gasteiger partial charge on any atom is -0.487 e. The number of thioether (sulfide) groups is 1. The van der Waals surface area contributed by atoms with E-state index in [0.29, 0.717) is 18.2 Å². The van der Waals surface area contributed by atoms with Crippen molar-refractivity contribution in [3.8, 4) is 11.5 Å². The molecule has 0 saturated carbocycles. The molecule has 1 aliphatic rings. The first-order chi connectivity index (χ1) is 9.95. The Morgan fingerprint density at radius 2 is 1.43 bits per heavy atom. The average Bonchev–Trinajstić information content (AvgIpc) is 2.49. The Morgan fingerprint density at radius 1 is 0.905 bits per heavy atom. The smallest absolute Gasteiger partial charge is 0.183 e. The molecule has 1 aliphatic heterocycles. The van der Waals surface area contributed by atoms with Gasteiger partial charge in [-0.3, -0.25) is 0 Å². The van der Waals surface area contributed by atoms with E-state index in [4.69, 9.17) is 79.1 Å². The zero-order chi connectivity index (χ0) is 15.6. The molecule has 118 valence electrons. The van der Waals surface area contributed by atoms with Crippen LogP contribution in [0, 0.1) is 0 Å². The van der Waals surface area contributed by atoms with Crippen LogP contribution in [0.2, 0.25) is 20.1 Å². The van der Waals surface area contributed by atoms with Crippen LogP contribution in [0.25, 0.3) is 0 Å². The van der Waals surface area contributed by atoms with E-state index in [2.05, 4.69) is 0 Å². The van der Waals surface area contributed by atoms with E-state index in [-0.39, 0.29) is 48.8 Å². The van der Waals surface area contributed by atoms with Gasteiger partial charge in [-0.2, -0.15) is 11.8 Å². The number of hydrogen-bond acceptors (Lipinski definition) is 3. The van der Waals surface area contributed by atoms with Crippen molar-refractivity contribution in [2.75, 3.05) is 24.8 Å². The van der Waals surface area contributed by atoms with E-state index in [0.717, 1.165) is 0 Å². The second-order valence-electron chi connectivity index (χ2n) is 4.24. The molecule has 0 aliphatic carbocycles. The highest BCUT2D eigenvalue weighted by Gasteiger charge is 2.26. The standard InChI is InChI=1S/C12H10Cl6O2S/c13-1-6-3-20-12-10(18)8(16)7(15)9(17)11(12)19-2-5(14)4-21-6/h5-6H,1-4H2/t5-,6+/m0/s1. The van der Waals surface area contributed by atoms with Crippen molar-refractivity contribution in [1.29, 1.82) is 0 Å². The van der Waals surface area contributed by atoms with Gasteiger partial charge in [-0.15, -0.1) is 23.2 Å². The zero-order valence-corrected chi connectivity index (χ0v) is 15.8. The predicted molar refractivity (Wildman–Crippen MR) is 94.1 cm³/mol. The van der Waals surface area contributed by atoms with Gasteiger partial charge in [-0.1, -0.05) is 46.4 Å². The molecule has 0 N–H and O–H groups in total. The van der Waals surface area contributed by atoms with Gasteiger partial charge in [-0.25, -0.2) is 0 Å². The van der Waals surface area contributed by atoms with Gasteiger partial charge < -0.3 is 9.47 Å². The molecule has 0 unspecified atom stereocenters. The Kier molecular flexibility index (Phi) is 7.07. The highest BCUT2D eigenvalue weighted by atomic mass is 35.5. The molecule has 9 heteroatoms. The largest absolute Gasteiger partial charge is 0.487 e. The molecular weight excluding hydrogens is 421 g/mol. The van der Waals surface area contributed by atoms with Gasteiger partial charge in [0.15, 0.2) is 11.5 Å². The van der Waals surface area contributed by atoms with E-state index in [9.17, 15) is 0 Å². The first kappa shape index (κ1) is 18.3. The highest BCUT2D eigenvalue weighted by molar-refractivity contribution is 8.00. The van der Waals surface area contributed by atoms with Crippen LogP contribution < -0.4 is 9.47 Å². The maximum absolute atomic E-state index is 6.21. The highest BCUT2D eigenvalue weighted by Crippen LogP contribution is 2.50. The summed E-state index contributed by atoms with van der Waals surface area (Å²) in [5.41, 5.74) is 0. The third-order valence-corrected chi connectivity index (χ3v) is 6.85. The summed E-state index contributed by atoms with van der Waals surface area (Å²) in [4.78, 5) is 0. The number of benzene rings is 1. The average molecular weight is 431 g/mol. The second-order valence-corrected chi connectivity index (χ2v) is 8.01.